The molecule has 33 heavy (non-hydrogen) atoms. The smallest absolute Gasteiger partial charge is 0.276 e. The molecule has 0 bridgehead atoms. The molecule has 0 fully saturated rings. The van der Waals surface area contributed by atoms with Crippen molar-refractivity contribution in [2.24, 2.45) is 7.05 Å². The first kappa shape index (κ1) is 20.9. The number of halogens is 2. The number of pyridine rings is 1. The number of nitrogens with zero attached hydrogens (tertiary/aromatic N) is 7. The minimum atomic E-state index is -0.897. The van der Waals surface area contributed by atoms with Crippen molar-refractivity contribution in [1.29, 1.82) is 0 Å². The van der Waals surface area contributed by atoms with E-state index in [1.807, 2.05) is 50.0 Å². The first-order valence-corrected chi connectivity index (χ1v) is 10.5. The maximum atomic E-state index is 14.1. The Balaban J connectivity index is 1.51. The van der Waals surface area contributed by atoms with Gasteiger partial charge in [-0.05, 0) is 25.0 Å². The molecule has 1 aromatic carbocycles. The molecule has 0 unspecified atom stereocenters. The Morgan fingerprint density at radius 1 is 1.12 bits per heavy atom. The number of fused-ring (bicyclic) bond motifs is 1. The molecule has 168 valence electrons. The number of aryl methyl sites for hydroxylation is 1. The van der Waals surface area contributed by atoms with E-state index in [4.69, 9.17) is 0 Å². The molecule has 2 atom stereocenters. The average Bonchev–Trinajstić information content (AvgIpc) is 3.41. The third kappa shape index (κ3) is 3.47. The van der Waals surface area contributed by atoms with Gasteiger partial charge in [0.05, 0.1) is 24.6 Å². The van der Waals surface area contributed by atoms with Gasteiger partial charge >= 0.3 is 0 Å². The summed E-state index contributed by atoms with van der Waals surface area (Å²) in [5.41, 5.74) is 4.33. The topological polar surface area (TPSA) is 81.7 Å². The van der Waals surface area contributed by atoms with Gasteiger partial charge in [0.15, 0.2) is 17.3 Å². The Hall–Kier alpha value is -3.95. The van der Waals surface area contributed by atoms with E-state index in [0.29, 0.717) is 12.6 Å². The van der Waals surface area contributed by atoms with Crippen molar-refractivity contribution in [2.45, 2.75) is 25.8 Å². The molecule has 0 spiro atoms. The molecule has 8 nitrogen and oxygen atoms in total. The molecular weight excluding hydrogens is 428 g/mol. The summed E-state index contributed by atoms with van der Waals surface area (Å²) in [6, 6.07) is 8.56. The van der Waals surface area contributed by atoms with Crippen molar-refractivity contribution in [3.63, 3.8) is 0 Å². The molecule has 10 heteroatoms. The summed E-state index contributed by atoms with van der Waals surface area (Å²) >= 11 is 0. The highest BCUT2D eigenvalue weighted by Crippen LogP contribution is 2.40. The molecule has 1 aliphatic rings. The Bertz CT molecular complexity index is 1360. The van der Waals surface area contributed by atoms with Crippen LogP contribution in [0.15, 0.2) is 48.9 Å². The minimum Gasteiger partial charge on any atom is -0.329 e. The Labute approximate surface area is 188 Å². The van der Waals surface area contributed by atoms with Crippen LogP contribution in [0.5, 0.6) is 0 Å². The number of hydrogen-bond acceptors (Lipinski definition) is 5. The lowest BCUT2D eigenvalue weighted by Crippen LogP contribution is -2.41. The van der Waals surface area contributed by atoms with Crippen molar-refractivity contribution in [2.75, 3.05) is 6.54 Å². The third-order valence-corrected chi connectivity index (χ3v) is 6.30. The molecule has 0 saturated heterocycles. The highest BCUT2D eigenvalue weighted by Gasteiger charge is 2.36. The number of carbonyl (C=O) groups excluding carboxylic acids is 1. The largest absolute Gasteiger partial charge is 0.329 e. The second-order valence-corrected chi connectivity index (χ2v) is 8.13. The lowest BCUT2D eigenvalue weighted by molar-refractivity contribution is 0.0658. The molecule has 1 aliphatic heterocycles. The second kappa shape index (κ2) is 7.88. The van der Waals surface area contributed by atoms with Gasteiger partial charge in [-0.2, -0.15) is 9.78 Å². The number of benzene rings is 1. The Kier molecular flexibility index (Phi) is 4.99. The molecule has 5 rings (SSSR count). The number of amides is 1. The van der Waals surface area contributed by atoms with Gasteiger partial charge in [-0.15, -0.1) is 5.10 Å². The molecule has 0 N–H and O–H groups in total. The molecular formula is C23H21F2N7O. The SMILES string of the molecule is Cc1c([C@H]2CN(C(=O)c3cn(-c4ncc(F)cc4F)nn3)[C@@H](C)c3ccccc32)cnn1C. The van der Waals surface area contributed by atoms with Crippen molar-refractivity contribution in [3.05, 3.63) is 88.6 Å². The van der Waals surface area contributed by atoms with Crippen LogP contribution >= 0.6 is 0 Å². The van der Waals surface area contributed by atoms with Gasteiger partial charge in [0.25, 0.3) is 5.91 Å². The predicted octanol–water partition coefficient (Wildman–Crippen LogP) is 3.33. The lowest BCUT2D eigenvalue weighted by atomic mass is 9.82. The van der Waals surface area contributed by atoms with Crippen molar-refractivity contribution < 1.29 is 13.6 Å². The summed E-state index contributed by atoms with van der Waals surface area (Å²) in [6.07, 6.45) is 4.03. The Morgan fingerprint density at radius 2 is 1.88 bits per heavy atom. The van der Waals surface area contributed by atoms with Crippen LogP contribution in [0.3, 0.4) is 0 Å². The minimum absolute atomic E-state index is 0.0495. The van der Waals surface area contributed by atoms with Gasteiger partial charge in [0, 0.05) is 36.8 Å². The van der Waals surface area contributed by atoms with E-state index in [-0.39, 0.29) is 29.4 Å². The summed E-state index contributed by atoms with van der Waals surface area (Å²) in [4.78, 5) is 18.9. The highest BCUT2D eigenvalue weighted by molar-refractivity contribution is 5.92. The fourth-order valence-corrected chi connectivity index (χ4v) is 4.40. The standard InChI is InChI=1S/C23H21F2N7O/c1-13-18(10-27-30(13)3)19-11-31(14(2)16-6-4-5-7-17(16)19)23(33)21-12-32(29-28-21)22-20(25)8-15(24)9-26-22/h4-10,12,14,19H,11H2,1-3H3/t14-,19-/m0/s1. The van der Waals surface area contributed by atoms with E-state index in [1.165, 1.54) is 6.20 Å². The van der Waals surface area contributed by atoms with E-state index in [2.05, 4.69) is 26.5 Å². The average molecular weight is 449 g/mol. The maximum absolute atomic E-state index is 14.1. The summed E-state index contributed by atoms with van der Waals surface area (Å²) in [5.74, 6) is -2.32. The van der Waals surface area contributed by atoms with Crippen molar-refractivity contribution in [1.82, 2.24) is 34.7 Å². The predicted molar refractivity (Wildman–Crippen MR) is 115 cm³/mol. The normalized spacial score (nSPS) is 17.8. The number of carbonyl (C=O) groups is 1. The van der Waals surface area contributed by atoms with E-state index < -0.39 is 11.6 Å². The van der Waals surface area contributed by atoms with Crippen LogP contribution in [0.4, 0.5) is 8.78 Å². The van der Waals surface area contributed by atoms with Crippen LogP contribution in [-0.4, -0.2) is 47.1 Å². The van der Waals surface area contributed by atoms with Gasteiger partial charge in [0.2, 0.25) is 0 Å². The highest BCUT2D eigenvalue weighted by atomic mass is 19.1. The molecule has 0 saturated carbocycles. The van der Waals surface area contributed by atoms with Crippen LogP contribution in [-0.2, 0) is 7.05 Å². The van der Waals surface area contributed by atoms with Crippen molar-refractivity contribution >= 4 is 5.91 Å². The van der Waals surface area contributed by atoms with Crippen molar-refractivity contribution in [3.8, 4) is 5.82 Å². The van der Waals surface area contributed by atoms with E-state index in [1.54, 1.807) is 4.90 Å². The number of aromatic nitrogens is 6. The van der Waals surface area contributed by atoms with E-state index >= 15 is 0 Å². The third-order valence-electron chi connectivity index (χ3n) is 6.30. The summed E-state index contributed by atoms with van der Waals surface area (Å²) in [7, 11) is 1.89. The summed E-state index contributed by atoms with van der Waals surface area (Å²) < 4.78 is 30.2. The molecule has 4 heterocycles. The molecule has 0 radical (unpaired) electrons. The van der Waals surface area contributed by atoms with Crippen LogP contribution in [0, 0.1) is 18.6 Å². The van der Waals surface area contributed by atoms with Crippen LogP contribution in [0.1, 0.15) is 51.8 Å². The molecule has 3 aromatic heterocycles. The summed E-state index contributed by atoms with van der Waals surface area (Å²) in [5, 5.41) is 12.2. The van der Waals surface area contributed by atoms with Gasteiger partial charge in [-0.25, -0.2) is 13.8 Å². The molecule has 4 aromatic rings. The van der Waals surface area contributed by atoms with Gasteiger partial charge < -0.3 is 4.90 Å². The first-order valence-electron chi connectivity index (χ1n) is 10.5. The lowest BCUT2D eigenvalue weighted by Gasteiger charge is -2.39. The molecule has 1 amide bonds. The van der Waals surface area contributed by atoms with E-state index in [9.17, 15) is 13.6 Å². The maximum Gasteiger partial charge on any atom is 0.276 e. The Morgan fingerprint density at radius 3 is 2.58 bits per heavy atom. The van der Waals surface area contributed by atoms with Gasteiger partial charge in [-0.1, -0.05) is 29.5 Å². The zero-order valence-corrected chi connectivity index (χ0v) is 18.3. The quantitative estimate of drug-likeness (QED) is 0.479. The van der Waals surface area contributed by atoms with Crippen LogP contribution < -0.4 is 0 Å². The zero-order valence-electron chi connectivity index (χ0n) is 18.3. The van der Waals surface area contributed by atoms with Crippen LogP contribution in [0.2, 0.25) is 0 Å². The molecule has 0 aliphatic carbocycles. The monoisotopic (exact) mass is 449 g/mol. The van der Waals surface area contributed by atoms with Crippen LogP contribution in [0.25, 0.3) is 5.82 Å². The summed E-state index contributed by atoms with van der Waals surface area (Å²) in [6.45, 7) is 4.40. The fraction of sp³-hybridized carbons (Fsp3) is 0.261. The fourth-order valence-electron chi connectivity index (χ4n) is 4.40. The first-order chi connectivity index (χ1) is 15.8. The zero-order chi connectivity index (χ0) is 23.3. The number of hydrogen-bond donors (Lipinski definition) is 0. The second-order valence-electron chi connectivity index (χ2n) is 8.13. The van der Waals surface area contributed by atoms with Gasteiger partial charge in [0.1, 0.15) is 5.82 Å². The van der Waals surface area contributed by atoms with E-state index in [0.717, 1.165) is 33.3 Å². The number of rotatable bonds is 3. The van der Waals surface area contributed by atoms with Gasteiger partial charge in [-0.3, -0.25) is 9.48 Å².